The minimum Gasteiger partial charge on any atom is -0.379 e. The van der Waals surface area contributed by atoms with Gasteiger partial charge in [-0.3, -0.25) is 19.4 Å². The molecular weight excluding hydrogens is 330 g/mol. The van der Waals surface area contributed by atoms with Gasteiger partial charge >= 0.3 is 0 Å². The van der Waals surface area contributed by atoms with Crippen LogP contribution in [0.3, 0.4) is 0 Å². The number of rotatable bonds is 4. The molecular formula is C19H25N5O2. The number of morpholine rings is 1. The number of aromatic nitrogens is 3. The Morgan fingerprint density at radius 1 is 1.23 bits per heavy atom. The minimum atomic E-state index is -0.00603. The van der Waals surface area contributed by atoms with Crippen LogP contribution in [0.4, 0.5) is 0 Å². The zero-order valence-corrected chi connectivity index (χ0v) is 15.2. The summed E-state index contributed by atoms with van der Waals surface area (Å²) in [5.74, 6) is -0.00603. The second-order valence-corrected chi connectivity index (χ2v) is 6.97. The number of pyridine rings is 1. The molecule has 4 heterocycles. The number of hydrogen-bond donors (Lipinski definition) is 0. The van der Waals surface area contributed by atoms with E-state index < -0.39 is 0 Å². The third kappa shape index (κ3) is 3.64. The highest BCUT2D eigenvalue weighted by Gasteiger charge is 2.32. The molecule has 7 nitrogen and oxygen atoms in total. The molecule has 0 N–H and O–H groups in total. The van der Waals surface area contributed by atoms with Gasteiger partial charge in [0, 0.05) is 39.4 Å². The van der Waals surface area contributed by atoms with Crippen LogP contribution < -0.4 is 0 Å². The Balaban J connectivity index is 1.50. The Hall–Kier alpha value is -2.25. The van der Waals surface area contributed by atoms with Crippen molar-refractivity contribution in [3.05, 3.63) is 47.5 Å². The van der Waals surface area contributed by atoms with Crippen molar-refractivity contribution in [1.29, 1.82) is 0 Å². The fourth-order valence-corrected chi connectivity index (χ4v) is 3.75. The lowest BCUT2D eigenvalue weighted by atomic mass is 10.1. The zero-order chi connectivity index (χ0) is 17.9. The molecule has 0 radical (unpaired) electrons. The summed E-state index contributed by atoms with van der Waals surface area (Å²) in [7, 11) is 1.83. The van der Waals surface area contributed by atoms with Crippen LogP contribution in [0.1, 0.15) is 40.8 Å². The van der Waals surface area contributed by atoms with Crippen molar-refractivity contribution in [3.8, 4) is 0 Å². The van der Waals surface area contributed by atoms with Crippen LogP contribution in [-0.2, 0) is 18.3 Å². The standard InChI is InChI=1S/C19H25N5O2/c1-22-9-7-17(21-22)19(25)24-8-3-6-18(24)16-5-2-4-15(20-16)14-23-10-12-26-13-11-23/h2,4-5,7,9,18H,3,6,8,10-14H2,1H3/t18-/m1/s1. The maximum Gasteiger partial charge on any atom is 0.274 e. The first-order valence-corrected chi connectivity index (χ1v) is 9.27. The number of ether oxygens (including phenoxy) is 1. The second-order valence-electron chi connectivity index (χ2n) is 6.97. The summed E-state index contributed by atoms with van der Waals surface area (Å²) in [6, 6.07) is 7.98. The van der Waals surface area contributed by atoms with Crippen LogP contribution in [0.15, 0.2) is 30.5 Å². The first kappa shape index (κ1) is 17.2. The number of amides is 1. The largest absolute Gasteiger partial charge is 0.379 e. The molecule has 1 amide bonds. The molecule has 0 spiro atoms. The predicted molar refractivity (Wildman–Crippen MR) is 96.6 cm³/mol. The lowest BCUT2D eigenvalue weighted by Gasteiger charge is -2.27. The van der Waals surface area contributed by atoms with Crippen molar-refractivity contribution in [3.63, 3.8) is 0 Å². The maximum atomic E-state index is 12.8. The maximum absolute atomic E-state index is 12.8. The highest BCUT2D eigenvalue weighted by molar-refractivity contribution is 5.92. The van der Waals surface area contributed by atoms with Gasteiger partial charge in [-0.25, -0.2) is 0 Å². The molecule has 26 heavy (non-hydrogen) atoms. The molecule has 2 aliphatic rings. The van der Waals surface area contributed by atoms with Gasteiger partial charge in [-0.05, 0) is 31.0 Å². The first-order chi connectivity index (χ1) is 12.7. The van der Waals surface area contributed by atoms with Crippen molar-refractivity contribution in [2.45, 2.75) is 25.4 Å². The average Bonchev–Trinajstić information content (AvgIpc) is 3.31. The third-order valence-corrected chi connectivity index (χ3v) is 5.11. The highest BCUT2D eigenvalue weighted by atomic mass is 16.5. The Bertz CT molecular complexity index is 769. The van der Waals surface area contributed by atoms with E-state index in [0.29, 0.717) is 5.69 Å². The fraction of sp³-hybridized carbons (Fsp3) is 0.526. The van der Waals surface area contributed by atoms with Gasteiger partial charge < -0.3 is 9.64 Å². The fourth-order valence-electron chi connectivity index (χ4n) is 3.75. The molecule has 0 aliphatic carbocycles. The molecule has 0 saturated carbocycles. The Kier molecular flexibility index (Phi) is 4.99. The molecule has 0 unspecified atom stereocenters. The van der Waals surface area contributed by atoms with Crippen LogP contribution in [0.5, 0.6) is 0 Å². The van der Waals surface area contributed by atoms with Crippen molar-refractivity contribution in [2.24, 2.45) is 7.05 Å². The van der Waals surface area contributed by atoms with Crippen molar-refractivity contribution >= 4 is 5.91 Å². The summed E-state index contributed by atoms with van der Waals surface area (Å²) in [4.78, 5) is 22.0. The molecule has 2 fully saturated rings. The van der Waals surface area contributed by atoms with Gasteiger partial charge in [-0.2, -0.15) is 5.10 Å². The van der Waals surface area contributed by atoms with E-state index in [2.05, 4.69) is 22.1 Å². The monoisotopic (exact) mass is 355 g/mol. The summed E-state index contributed by atoms with van der Waals surface area (Å²) in [6.07, 6.45) is 3.75. The van der Waals surface area contributed by atoms with E-state index in [1.54, 1.807) is 16.9 Å². The second kappa shape index (κ2) is 7.55. The Morgan fingerprint density at radius 3 is 2.85 bits per heavy atom. The molecule has 2 aromatic heterocycles. The van der Waals surface area contributed by atoms with E-state index >= 15 is 0 Å². The minimum absolute atomic E-state index is 0.00603. The molecule has 2 aliphatic heterocycles. The summed E-state index contributed by atoms with van der Waals surface area (Å²) < 4.78 is 7.08. The van der Waals surface area contributed by atoms with Crippen LogP contribution in [-0.4, -0.2) is 63.3 Å². The number of hydrogen-bond acceptors (Lipinski definition) is 5. The number of nitrogens with zero attached hydrogens (tertiary/aromatic N) is 5. The van der Waals surface area contributed by atoms with Crippen molar-refractivity contribution in [2.75, 3.05) is 32.8 Å². The van der Waals surface area contributed by atoms with Crippen LogP contribution >= 0.6 is 0 Å². The zero-order valence-electron chi connectivity index (χ0n) is 15.2. The van der Waals surface area contributed by atoms with Crippen LogP contribution in [0, 0.1) is 0 Å². The average molecular weight is 355 g/mol. The number of aryl methyl sites for hydroxylation is 1. The SMILES string of the molecule is Cn1ccc(C(=O)N2CCC[C@@H]2c2cccc(CN3CCOCC3)n2)n1. The van der Waals surface area contributed by atoms with E-state index in [0.717, 1.165) is 63.6 Å². The molecule has 1 atom stereocenters. The van der Waals surface area contributed by atoms with Gasteiger partial charge in [-0.15, -0.1) is 0 Å². The lowest BCUT2D eigenvalue weighted by Crippen LogP contribution is -2.36. The number of likely N-dealkylation sites (tertiary alicyclic amines) is 1. The van der Waals surface area contributed by atoms with Gasteiger partial charge in [-0.1, -0.05) is 6.07 Å². The van der Waals surface area contributed by atoms with E-state index in [-0.39, 0.29) is 11.9 Å². The quantitative estimate of drug-likeness (QED) is 0.834. The van der Waals surface area contributed by atoms with Gasteiger partial charge in [0.15, 0.2) is 0 Å². The molecule has 138 valence electrons. The summed E-state index contributed by atoms with van der Waals surface area (Å²) in [5, 5.41) is 4.26. The van der Waals surface area contributed by atoms with E-state index in [4.69, 9.17) is 9.72 Å². The predicted octanol–water partition coefficient (Wildman–Crippen LogP) is 1.62. The van der Waals surface area contributed by atoms with Crippen LogP contribution in [0.2, 0.25) is 0 Å². The highest BCUT2D eigenvalue weighted by Crippen LogP contribution is 2.32. The smallest absolute Gasteiger partial charge is 0.274 e. The van der Waals surface area contributed by atoms with Gasteiger partial charge in [0.25, 0.3) is 5.91 Å². The molecule has 0 aromatic carbocycles. The van der Waals surface area contributed by atoms with E-state index in [9.17, 15) is 4.79 Å². The summed E-state index contributed by atoms with van der Waals surface area (Å²) >= 11 is 0. The Morgan fingerprint density at radius 2 is 2.08 bits per heavy atom. The molecule has 7 heteroatoms. The Labute approximate surface area is 153 Å². The molecule has 4 rings (SSSR count). The van der Waals surface area contributed by atoms with E-state index in [1.165, 1.54) is 0 Å². The van der Waals surface area contributed by atoms with Gasteiger partial charge in [0.1, 0.15) is 5.69 Å². The number of carbonyl (C=O) groups excluding carboxylic acids is 1. The lowest BCUT2D eigenvalue weighted by molar-refractivity contribution is 0.0336. The van der Waals surface area contributed by atoms with Gasteiger partial charge in [0.2, 0.25) is 0 Å². The summed E-state index contributed by atoms with van der Waals surface area (Å²) in [5.41, 5.74) is 2.54. The topological polar surface area (TPSA) is 63.5 Å². The van der Waals surface area contributed by atoms with Crippen LogP contribution in [0.25, 0.3) is 0 Å². The number of carbonyl (C=O) groups is 1. The normalized spacial score (nSPS) is 21.3. The third-order valence-electron chi connectivity index (χ3n) is 5.11. The van der Waals surface area contributed by atoms with Crippen molar-refractivity contribution < 1.29 is 9.53 Å². The molecule has 2 saturated heterocycles. The first-order valence-electron chi connectivity index (χ1n) is 9.27. The van der Waals surface area contributed by atoms with Crippen molar-refractivity contribution in [1.82, 2.24) is 24.6 Å². The van der Waals surface area contributed by atoms with E-state index in [1.807, 2.05) is 18.0 Å². The van der Waals surface area contributed by atoms with Gasteiger partial charge in [0.05, 0.1) is 30.6 Å². The summed E-state index contributed by atoms with van der Waals surface area (Å²) in [6.45, 7) is 5.05. The molecule has 0 bridgehead atoms. The molecule has 2 aromatic rings.